The number of thiocarbonyl (C=S) groups is 1. The maximum absolute atomic E-state index is 11.7. The van der Waals surface area contributed by atoms with E-state index in [9.17, 15) is 4.79 Å². The van der Waals surface area contributed by atoms with Crippen LogP contribution in [0.5, 0.6) is 0 Å². The summed E-state index contributed by atoms with van der Waals surface area (Å²) >= 11 is 5.13. The minimum absolute atomic E-state index is 0.0442. The number of allylic oxidation sites excluding steroid dienone is 1. The summed E-state index contributed by atoms with van der Waals surface area (Å²) in [7, 11) is 0. The zero-order valence-corrected chi connectivity index (χ0v) is 11.8. The van der Waals surface area contributed by atoms with E-state index < -0.39 is 0 Å². The Hall–Kier alpha value is -1.94. The van der Waals surface area contributed by atoms with Crippen molar-refractivity contribution in [1.29, 1.82) is 0 Å². The van der Waals surface area contributed by atoms with Crippen molar-refractivity contribution in [3.05, 3.63) is 53.2 Å². The Morgan fingerprint density at radius 2 is 2.00 bits per heavy atom. The van der Waals surface area contributed by atoms with E-state index in [4.69, 9.17) is 12.2 Å². The molecular formula is C15H16N2OS. The van der Waals surface area contributed by atoms with E-state index in [1.54, 1.807) is 6.92 Å². The van der Waals surface area contributed by atoms with Gasteiger partial charge in [-0.2, -0.15) is 0 Å². The van der Waals surface area contributed by atoms with Crippen molar-refractivity contribution >= 4 is 29.2 Å². The highest BCUT2D eigenvalue weighted by molar-refractivity contribution is 7.80. The molecule has 4 heteroatoms. The van der Waals surface area contributed by atoms with E-state index in [1.807, 2.05) is 49.4 Å². The first-order chi connectivity index (χ1) is 9.08. The van der Waals surface area contributed by atoms with Gasteiger partial charge in [-0.25, -0.2) is 0 Å². The first-order valence-electron chi connectivity index (χ1n) is 6.10. The molecule has 2 N–H and O–H groups in total. The van der Waals surface area contributed by atoms with Gasteiger partial charge in [0.25, 0.3) is 0 Å². The minimum Gasteiger partial charge on any atom is -0.352 e. The molecule has 0 aliphatic carbocycles. The maximum atomic E-state index is 11.7. The van der Waals surface area contributed by atoms with Crippen LogP contribution in [-0.2, 0) is 4.79 Å². The molecule has 0 amide bonds. The molecule has 1 heterocycles. The molecule has 0 bridgehead atoms. The van der Waals surface area contributed by atoms with Gasteiger partial charge in [0, 0.05) is 11.3 Å². The van der Waals surface area contributed by atoms with Gasteiger partial charge in [0.1, 0.15) is 0 Å². The second-order valence-electron chi connectivity index (χ2n) is 4.44. The van der Waals surface area contributed by atoms with E-state index in [-0.39, 0.29) is 11.8 Å². The van der Waals surface area contributed by atoms with Crippen molar-refractivity contribution in [2.45, 2.75) is 19.9 Å². The van der Waals surface area contributed by atoms with Crippen LogP contribution >= 0.6 is 12.2 Å². The van der Waals surface area contributed by atoms with Crippen molar-refractivity contribution in [2.75, 3.05) is 0 Å². The van der Waals surface area contributed by atoms with Crippen LogP contribution in [-0.4, -0.2) is 16.9 Å². The summed E-state index contributed by atoms with van der Waals surface area (Å²) in [5.41, 5.74) is 2.63. The summed E-state index contributed by atoms with van der Waals surface area (Å²) in [4.78, 5) is 11.7. The van der Waals surface area contributed by atoms with Crippen molar-refractivity contribution in [1.82, 2.24) is 10.6 Å². The second-order valence-corrected chi connectivity index (χ2v) is 4.85. The number of carbonyl (C=O) groups excluding carboxylic acids is 1. The number of Topliss-reactive ketones (excluding diaryl/α,β-unsaturated/α-hetero) is 1. The highest BCUT2D eigenvalue weighted by atomic mass is 32.1. The highest BCUT2D eigenvalue weighted by Gasteiger charge is 2.23. The van der Waals surface area contributed by atoms with Crippen molar-refractivity contribution in [3.8, 4) is 0 Å². The predicted molar refractivity (Wildman–Crippen MR) is 81.5 cm³/mol. The van der Waals surface area contributed by atoms with Crippen molar-refractivity contribution in [3.63, 3.8) is 0 Å². The quantitative estimate of drug-likeness (QED) is 0.829. The largest absolute Gasteiger partial charge is 0.352 e. The summed E-state index contributed by atoms with van der Waals surface area (Å²) in [6.07, 6.45) is 3.95. The second kappa shape index (κ2) is 5.80. The molecule has 0 saturated heterocycles. The Balaban J connectivity index is 2.27. The van der Waals surface area contributed by atoms with Gasteiger partial charge in [0.15, 0.2) is 10.9 Å². The standard InChI is InChI=1S/C15H16N2OS/c1-10-14(11(2)18)13(17-15(19)16-10)9-8-12-6-4-3-5-7-12/h3-9,13H,1-2H3,(H2,16,17,19)/b9-8+/t13-/m0/s1. The average Bonchev–Trinajstić information content (AvgIpc) is 2.36. The smallest absolute Gasteiger partial charge is 0.171 e. The van der Waals surface area contributed by atoms with Gasteiger partial charge in [-0.1, -0.05) is 42.5 Å². The Kier molecular flexibility index (Phi) is 4.12. The van der Waals surface area contributed by atoms with Crippen LogP contribution in [0.25, 0.3) is 6.08 Å². The molecule has 0 aromatic heterocycles. The average molecular weight is 272 g/mol. The lowest BCUT2D eigenvalue weighted by Crippen LogP contribution is -2.48. The van der Waals surface area contributed by atoms with Crippen LogP contribution in [0.4, 0.5) is 0 Å². The summed E-state index contributed by atoms with van der Waals surface area (Å²) in [5, 5.41) is 6.63. The maximum Gasteiger partial charge on any atom is 0.171 e. The fourth-order valence-electron chi connectivity index (χ4n) is 2.12. The van der Waals surface area contributed by atoms with Crippen LogP contribution in [0.3, 0.4) is 0 Å². The third-order valence-electron chi connectivity index (χ3n) is 2.96. The van der Waals surface area contributed by atoms with Gasteiger partial charge >= 0.3 is 0 Å². The number of hydrogen-bond acceptors (Lipinski definition) is 2. The first kappa shape index (κ1) is 13.5. The van der Waals surface area contributed by atoms with Gasteiger partial charge in [-0.15, -0.1) is 0 Å². The normalized spacial score (nSPS) is 19.3. The molecule has 1 aromatic carbocycles. The summed E-state index contributed by atoms with van der Waals surface area (Å²) in [6.45, 7) is 3.44. The molecule has 0 unspecified atom stereocenters. The van der Waals surface area contributed by atoms with Gasteiger partial charge in [-0.05, 0) is 31.6 Å². The van der Waals surface area contributed by atoms with Crippen LogP contribution < -0.4 is 10.6 Å². The monoisotopic (exact) mass is 272 g/mol. The predicted octanol–water partition coefficient (Wildman–Crippen LogP) is 2.41. The molecule has 3 nitrogen and oxygen atoms in total. The number of hydrogen-bond donors (Lipinski definition) is 2. The third kappa shape index (κ3) is 3.29. The van der Waals surface area contributed by atoms with Gasteiger partial charge in [0.05, 0.1) is 6.04 Å². The molecule has 2 rings (SSSR count). The molecule has 0 saturated carbocycles. The number of benzene rings is 1. The zero-order valence-electron chi connectivity index (χ0n) is 10.9. The molecular weight excluding hydrogens is 256 g/mol. The lowest BCUT2D eigenvalue weighted by atomic mass is 9.98. The number of rotatable bonds is 3. The molecule has 0 fully saturated rings. The molecule has 1 atom stereocenters. The van der Waals surface area contributed by atoms with E-state index in [0.717, 1.165) is 16.8 Å². The Morgan fingerprint density at radius 3 is 2.63 bits per heavy atom. The van der Waals surface area contributed by atoms with E-state index in [2.05, 4.69) is 10.6 Å². The van der Waals surface area contributed by atoms with Gasteiger partial charge in [0.2, 0.25) is 0 Å². The number of nitrogens with one attached hydrogen (secondary N) is 2. The van der Waals surface area contributed by atoms with Crippen molar-refractivity contribution in [2.24, 2.45) is 0 Å². The van der Waals surface area contributed by atoms with Crippen LogP contribution in [0.15, 0.2) is 47.7 Å². The van der Waals surface area contributed by atoms with Crippen LogP contribution in [0, 0.1) is 0 Å². The molecule has 1 aliphatic heterocycles. The molecule has 1 aliphatic rings. The van der Waals surface area contributed by atoms with Gasteiger partial charge in [-0.3, -0.25) is 4.79 Å². The molecule has 0 radical (unpaired) electrons. The van der Waals surface area contributed by atoms with Crippen LogP contribution in [0.1, 0.15) is 19.4 Å². The Labute approximate surface area is 118 Å². The first-order valence-corrected chi connectivity index (χ1v) is 6.51. The van der Waals surface area contributed by atoms with E-state index >= 15 is 0 Å². The Morgan fingerprint density at radius 1 is 1.32 bits per heavy atom. The summed E-state index contributed by atoms with van der Waals surface area (Å²) in [6, 6.07) is 9.78. The topological polar surface area (TPSA) is 41.1 Å². The lowest BCUT2D eigenvalue weighted by molar-refractivity contribution is -0.113. The lowest BCUT2D eigenvalue weighted by Gasteiger charge is -2.27. The number of carbonyl (C=O) groups is 1. The SMILES string of the molecule is CC(=O)C1=C(C)NC(=S)N[C@H]1/C=C/c1ccccc1. The molecule has 0 spiro atoms. The molecule has 98 valence electrons. The minimum atomic E-state index is -0.175. The van der Waals surface area contributed by atoms with E-state index in [0.29, 0.717) is 5.11 Å². The van der Waals surface area contributed by atoms with E-state index in [1.165, 1.54) is 0 Å². The molecule has 19 heavy (non-hydrogen) atoms. The number of ketones is 1. The summed E-state index contributed by atoms with van der Waals surface area (Å²) in [5.74, 6) is 0.0442. The summed E-state index contributed by atoms with van der Waals surface area (Å²) < 4.78 is 0. The van der Waals surface area contributed by atoms with Crippen molar-refractivity contribution < 1.29 is 4.79 Å². The molecule has 1 aromatic rings. The van der Waals surface area contributed by atoms with Gasteiger partial charge < -0.3 is 10.6 Å². The fraction of sp³-hybridized carbons (Fsp3) is 0.200. The zero-order chi connectivity index (χ0) is 13.8. The third-order valence-corrected chi connectivity index (χ3v) is 3.18. The Bertz CT molecular complexity index is 561. The highest BCUT2D eigenvalue weighted by Crippen LogP contribution is 2.15. The fourth-order valence-corrected chi connectivity index (χ4v) is 2.40. The van der Waals surface area contributed by atoms with Crippen LogP contribution in [0.2, 0.25) is 0 Å².